The predicted molar refractivity (Wildman–Crippen MR) is 101 cm³/mol. The first-order valence-corrected chi connectivity index (χ1v) is 9.58. The molecule has 1 aliphatic rings. The van der Waals surface area contributed by atoms with Gasteiger partial charge in [-0.2, -0.15) is 0 Å². The fraction of sp³-hybridized carbons (Fsp3) is 0.158. The van der Waals surface area contributed by atoms with Gasteiger partial charge in [-0.25, -0.2) is 9.59 Å². The minimum atomic E-state index is -0.540. The lowest BCUT2D eigenvalue weighted by molar-refractivity contribution is -0.139. The predicted octanol–water partition coefficient (Wildman–Crippen LogP) is 4.07. The maximum Gasteiger partial charge on any atom is 0.345 e. The number of ether oxygens (including phenoxy) is 2. The van der Waals surface area contributed by atoms with Gasteiger partial charge in [0.05, 0.1) is 30.7 Å². The summed E-state index contributed by atoms with van der Waals surface area (Å²) in [5.41, 5.74) is 2.27. The maximum absolute atomic E-state index is 12.7. The number of hydrogen-bond donors (Lipinski definition) is 1. The van der Waals surface area contributed by atoms with Crippen LogP contribution in [0, 0.1) is 0 Å². The third-order valence-electron chi connectivity index (χ3n) is 4.34. The molecule has 5 nitrogen and oxygen atoms in total. The lowest BCUT2D eigenvalue weighted by Crippen LogP contribution is -2.22. The number of carbonyl (C=O) groups is 2. The number of fused-ring (bicyclic) bond motifs is 3. The second kappa shape index (κ2) is 6.66. The molecule has 1 aliphatic heterocycles. The van der Waals surface area contributed by atoms with Crippen LogP contribution in [-0.4, -0.2) is 31.1 Å². The maximum atomic E-state index is 12.7. The summed E-state index contributed by atoms with van der Waals surface area (Å²) < 4.78 is 9.96. The molecular formula is C19H15NO4S2. The van der Waals surface area contributed by atoms with Crippen molar-refractivity contribution in [3.63, 3.8) is 0 Å². The number of esters is 2. The fourth-order valence-corrected chi connectivity index (χ4v) is 5.27. The zero-order valence-corrected chi connectivity index (χ0v) is 15.7. The molecule has 0 saturated carbocycles. The Labute approximate surface area is 158 Å². The Kier molecular flexibility index (Phi) is 4.34. The van der Waals surface area contributed by atoms with Crippen LogP contribution in [0.5, 0.6) is 0 Å². The van der Waals surface area contributed by atoms with Crippen molar-refractivity contribution in [3.8, 4) is 0 Å². The monoisotopic (exact) mass is 385 g/mol. The summed E-state index contributed by atoms with van der Waals surface area (Å²) in [5, 5.41) is 3.83. The molecule has 1 unspecified atom stereocenters. The number of nitrogens with one attached hydrogen (secondary N) is 1. The molecule has 132 valence electrons. The van der Waals surface area contributed by atoms with E-state index in [1.165, 1.54) is 26.0 Å². The summed E-state index contributed by atoms with van der Waals surface area (Å²) in [6.07, 6.45) is 0. The quantitative estimate of drug-likeness (QED) is 0.689. The van der Waals surface area contributed by atoms with E-state index < -0.39 is 11.9 Å². The Morgan fingerprint density at radius 3 is 2.50 bits per heavy atom. The van der Waals surface area contributed by atoms with Gasteiger partial charge in [0.2, 0.25) is 0 Å². The Hall–Kier alpha value is -2.51. The van der Waals surface area contributed by atoms with Crippen LogP contribution in [-0.2, 0) is 19.1 Å². The first kappa shape index (κ1) is 16.9. The minimum absolute atomic E-state index is 0.261. The highest BCUT2D eigenvalue weighted by atomic mass is 32.2. The highest BCUT2D eigenvalue weighted by Gasteiger charge is 2.40. The van der Waals surface area contributed by atoms with Gasteiger partial charge < -0.3 is 14.5 Å². The van der Waals surface area contributed by atoms with Gasteiger partial charge in [0.1, 0.15) is 4.91 Å². The molecule has 26 heavy (non-hydrogen) atoms. The Balaban J connectivity index is 2.05. The molecule has 0 fully saturated rings. The molecule has 0 saturated heterocycles. The van der Waals surface area contributed by atoms with Gasteiger partial charge in [0.25, 0.3) is 0 Å². The van der Waals surface area contributed by atoms with Crippen LogP contribution in [0.25, 0.3) is 10.9 Å². The lowest BCUT2D eigenvalue weighted by atomic mass is 9.88. The summed E-state index contributed by atoms with van der Waals surface area (Å²) in [7, 11) is 2.64. The van der Waals surface area contributed by atoms with Crippen molar-refractivity contribution in [1.29, 1.82) is 0 Å². The highest BCUT2D eigenvalue weighted by Crippen LogP contribution is 2.51. The summed E-state index contributed by atoms with van der Waals surface area (Å²) in [6, 6.07) is 11.8. The smallest absolute Gasteiger partial charge is 0.345 e. The number of aromatic nitrogens is 1. The standard InChI is InChI=1S/C19H15NO4S2/c1-23-18(21)15-14(12-8-5-9-25-12)13-10-6-3-4-7-11(10)20-17(13)26-16(15)19(22)24-2/h3-9,14,20H,1-2H3. The van der Waals surface area contributed by atoms with Gasteiger partial charge >= 0.3 is 11.9 Å². The zero-order chi connectivity index (χ0) is 18.3. The van der Waals surface area contributed by atoms with Crippen molar-refractivity contribution >= 4 is 45.9 Å². The number of aromatic amines is 1. The van der Waals surface area contributed by atoms with E-state index in [9.17, 15) is 9.59 Å². The number of hydrogen-bond acceptors (Lipinski definition) is 6. The second-order valence-corrected chi connectivity index (χ2v) is 7.69. The van der Waals surface area contributed by atoms with Crippen LogP contribution in [0.15, 0.2) is 57.3 Å². The Morgan fingerprint density at radius 1 is 1.04 bits per heavy atom. The number of rotatable bonds is 3. The summed E-state index contributed by atoms with van der Waals surface area (Å²) in [6.45, 7) is 0. The molecule has 1 atom stereocenters. The van der Waals surface area contributed by atoms with Crippen LogP contribution >= 0.6 is 23.1 Å². The zero-order valence-electron chi connectivity index (χ0n) is 14.1. The van der Waals surface area contributed by atoms with Crippen molar-refractivity contribution in [2.75, 3.05) is 14.2 Å². The van der Waals surface area contributed by atoms with Crippen LogP contribution in [0.1, 0.15) is 16.4 Å². The van der Waals surface area contributed by atoms with Crippen LogP contribution in [0.2, 0.25) is 0 Å². The Bertz CT molecular complexity index is 1030. The van der Waals surface area contributed by atoms with E-state index in [1.54, 1.807) is 11.3 Å². The topological polar surface area (TPSA) is 68.4 Å². The lowest BCUT2D eigenvalue weighted by Gasteiger charge is -2.25. The van der Waals surface area contributed by atoms with E-state index in [-0.39, 0.29) is 10.8 Å². The third kappa shape index (κ3) is 2.55. The number of benzene rings is 1. The fourth-order valence-electron chi connectivity index (χ4n) is 3.24. The number of H-pyrrole nitrogens is 1. The van der Waals surface area contributed by atoms with Crippen molar-refractivity contribution < 1.29 is 19.1 Å². The van der Waals surface area contributed by atoms with Crippen LogP contribution in [0.4, 0.5) is 0 Å². The third-order valence-corrected chi connectivity index (χ3v) is 6.39. The molecule has 0 bridgehead atoms. The van der Waals surface area contributed by atoms with E-state index in [1.807, 2.05) is 41.8 Å². The largest absolute Gasteiger partial charge is 0.466 e. The number of thiophene rings is 1. The molecular weight excluding hydrogens is 370 g/mol. The molecule has 0 amide bonds. The van der Waals surface area contributed by atoms with Gasteiger partial charge in [-0.1, -0.05) is 36.0 Å². The summed E-state index contributed by atoms with van der Waals surface area (Å²) in [5.74, 6) is -1.45. The number of methoxy groups -OCH3 is 2. The van der Waals surface area contributed by atoms with Crippen LogP contribution in [0.3, 0.4) is 0 Å². The van der Waals surface area contributed by atoms with Gasteiger partial charge in [-0.3, -0.25) is 0 Å². The molecule has 4 rings (SSSR count). The number of para-hydroxylation sites is 1. The summed E-state index contributed by atoms with van der Waals surface area (Å²) >= 11 is 2.76. The van der Waals surface area contributed by atoms with Crippen molar-refractivity contribution in [2.45, 2.75) is 10.9 Å². The molecule has 2 aromatic heterocycles. The van der Waals surface area contributed by atoms with E-state index in [4.69, 9.17) is 9.47 Å². The average molecular weight is 385 g/mol. The summed E-state index contributed by atoms with van der Waals surface area (Å²) in [4.78, 5) is 29.7. The van der Waals surface area contributed by atoms with Crippen molar-refractivity contribution in [2.24, 2.45) is 0 Å². The molecule has 0 radical (unpaired) electrons. The molecule has 1 aromatic carbocycles. The van der Waals surface area contributed by atoms with E-state index in [0.717, 1.165) is 26.4 Å². The van der Waals surface area contributed by atoms with Gasteiger partial charge in [0, 0.05) is 21.3 Å². The van der Waals surface area contributed by atoms with Crippen molar-refractivity contribution in [3.05, 3.63) is 62.7 Å². The van der Waals surface area contributed by atoms with E-state index >= 15 is 0 Å². The normalized spacial score (nSPS) is 16.5. The molecule has 0 spiro atoms. The highest BCUT2D eigenvalue weighted by molar-refractivity contribution is 8.04. The van der Waals surface area contributed by atoms with Gasteiger partial charge in [0.15, 0.2) is 0 Å². The molecule has 3 aromatic rings. The molecule has 7 heteroatoms. The first-order chi connectivity index (χ1) is 12.7. The molecule has 0 aliphatic carbocycles. The molecule has 3 heterocycles. The second-order valence-electron chi connectivity index (χ2n) is 5.69. The van der Waals surface area contributed by atoms with E-state index in [2.05, 4.69) is 4.98 Å². The first-order valence-electron chi connectivity index (χ1n) is 7.88. The number of thioether (sulfide) groups is 1. The van der Waals surface area contributed by atoms with Crippen LogP contribution < -0.4 is 0 Å². The van der Waals surface area contributed by atoms with Gasteiger partial charge in [-0.05, 0) is 17.5 Å². The minimum Gasteiger partial charge on any atom is -0.466 e. The van der Waals surface area contributed by atoms with Crippen molar-refractivity contribution in [1.82, 2.24) is 4.98 Å². The Morgan fingerprint density at radius 2 is 1.81 bits per heavy atom. The average Bonchev–Trinajstić information content (AvgIpc) is 3.32. The number of carbonyl (C=O) groups excluding carboxylic acids is 2. The van der Waals surface area contributed by atoms with Gasteiger partial charge in [-0.15, -0.1) is 11.3 Å². The molecule has 1 N–H and O–H groups in total. The SMILES string of the molecule is COC(=O)C1=C(C(=O)OC)C(c2cccs2)c2c([nH]c3ccccc23)S1. The van der Waals surface area contributed by atoms with E-state index in [0.29, 0.717) is 5.57 Å².